The first-order valence-corrected chi connectivity index (χ1v) is 6.70. The molecule has 1 saturated heterocycles. The lowest BCUT2D eigenvalue weighted by Gasteiger charge is -2.24. The fraction of sp³-hybridized carbons (Fsp3) is 0.467. The highest BCUT2D eigenvalue weighted by molar-refractivity contribution is 5.91. The number of phenolic OH excluding ortho intramolecular Hbond substituents is 1. The molecule has 0 saturated carbocycles. The van der Waals surface area contributed by atoms with E-state index in [0.717, 1.165) is 48.1 Å². The Labute approximate surface area is 107 Å². The van der Waals surface area contributed by atoms with Crippen LogP contribution in [0.2, 0.25) is 0 Å². The van der Waals surface area contributed by atoms with Gasteiger partial charge in [0.2, 0.25) is 0 Å². The Morgan fingerprint density at radius 3 is 2.61 bits per heavy atom. The summed E-state index contributed by atoms with van der Waals surface area (Å²) in [5.41, 5.74) is 4.47. The zero-order valence-corrected chi connectivity index (χ0v) is 11.0. The van der Waals surface area contributed by atoms with E-state index in [0.29, 0.717) is 11.7 Å². The van der Waals surface area contributed by atoms with Gasteiger partial charge in [-0.05, 0) is 62.9 Å². The number of aromatic amines is 1. The molecule has 0 radical (unpaired) electrons. The second kappa shape index (κ2) is 4.32. The van der Waals surface area contributed by atoms with Crippen LogP contribution in [0.3, 0.4) is 0 Å². The molecule has 96 valence electrons. The third-order valence-corrected chi connectivity index (χ3v) is 4.25. The summed E-state index contributed by atoms with van der Waals surface area (Å²) in [7, 11) is 0. The van der Waals surface area contributed by atoms with Crippen LogP contribution in [-0.2, 0) is 0 Å². The zero-order valence-electron chi connectivity index (χ0n) is 11.0. The predicted octanol–water partition coefficient (Wildman–Crippen LogP) is 2.96. The van der Waals surface area contributed by atoms with Gasteiger partial charge in [-0.3, -0.25) is 0 Å². The fourth-order valence-electron chi connectivity index (χ4n) is 3.04. The normalized spacial score (nSPS) is 17.4. The minimum Gasteiger partial charge on any atom is -0.507 e. The monoisotopic (exact) mass is 244 g/mol. The highest BCUT2D eigenvalue weighted by Crippen LogP contribution is 2.39. The lowest BCUT2D eigenvalue weighted by Crippen LogP contribution is -2.26. The van der Waals surface area contributed by atoms with Crippen molar-refractivity contribution in [2.24, 2.45) is 0 Å². The Kier molecular flexibility index (Phi) is 2.78. The number of phenols is 1. The maximum Gasteiger partial charge on any atom is 0.128 e. The average molecular weight is 244 g/mol. The summed E-state index contributed by atoms with van der Waals surface area (Å²) < 4.78 is 0. The molecule has 0 bridgehead atoms. The maximum absolute atomic E-state index is 10.6. The molecular formula is C15H20N2O. The van der Waals surface area contributed by atoms with Crippen molar-refractivity contribution in [1.82, 2.24) is 10.3 Å². The first-order valence-electron chi connectivity index (χ1n) is 6.70. The van der Waals surface area contributed by atoms with E-state index in [4.69, 9.17) is 0 Å². The number of aryl methyl sites for hydroxylation is 2. The van der Waals surface area contributed by atoms with Gasteiger partial charge < -0.3 is 15.4 Å². The summed E-state index contributed by atoms with van der Waals surface area (Å²) in [4.78, 5) is 3.33. The molecule has 18 heavy (non-hydrogen) atoms. The molecule has 3 heteroatoms. The Morgan fingerprint density at radius 1 is 1.17 bits per heavy atom. The van der Waals surface area contributed by atoms with Gasteiger partial charge >= 0.3 is 0 Å². The van der Waals surface area contributed by atoms with Crippen molar-refractivity contribution < 1.29 is 5.11 Å². The van der Waals surface area contributed by atoms with E-state index in [1.807, 2.05) is 0 Å². The van der Waals surface area contributed by atoms with Gasteiger partial charge in [0.25, 0.3) is 0 Å². The summed E-state index contributed by atoms with van der Waals surface area (Å²) in [6, 6.07) is 4.19. The fourth-order valence-corrected chi connectivity index (χ4v) is 3.04. The Balaban J connectivity index is 2.13. The van der Waals surface area contributed by atoms with Gasteiger partial charge in [0.1, 0.15) is 5.75 Å². The molecule has 1 aliphatic rings. The summed E-state index contributed by atoms with van der Waals surface area (Å²) in [5.74, 6) is 0.978. The Hall–Kier alpha value is -1.48. The number of benzene rings is 1. The lowest BCUT2D eigenvalue weighted by molar-refractivity contribution is 0.428. The smallest absolute Gasteiger partial charge is 0.128 e. The standard InChI is InChI=1S/C15H20N2O/c1-9-10(2)17-13-4-3-12(15(18)14(9)13)11-5-7-16-8-6-11/h3-4,11,16-18H,5-8H2,1-2H3. The van der Waals surface area contributed by atoms with Crippen LogP contribution in [0.15, 0.2) is 12.1 Å². The number of hydrogen-bond donors (Lipinski definition) is 3. The van der Waals surface area contributed by atoms with Crippen LogP contribution in [0.25, 0.3) is 10.9 Å². The largest absolute Gasteiger partial charge is 0.507 e. The van der Waals surface area contributed by atoms with E-state index in [1.54, 1.807) is 0 Å². The van der Waals surface area contributed by atoms with Gasteiger partial charge in [-0.25, -0.2) is 0 Å². The van der Waals surface area contributed by atoms with Gasteiger partial charge in [0, 0.05) is 16.6 Å². The zero-order chi connectivity index (χ0) is 12.7. The Morgan fingerprint density at radius 2 is 1.89 bits per heavy atom. The molecule has 1 fully saturated rings. The van der Waals surface area contributed by atoms with Crippen molar-refractivity contribution >= 4 is 10.9 Å². The topological polar surface area (TPSA) is 48.0 Å². The summed E-state index contributed by atoms with van der Waals surface area (Å²) >= 11 is 0. The number of fused-ring (bicyclic) bond motifs is 1. The maximum atomic E-state index is 10.6. The van der Waals surface area contributed by atoms with Crippen LogP contribution in [0.1, 0.15) is 35.6 Å². The second-order valence-electron chi connectivity index (χ2n) is 5.33. The van der Waals surface area contributed by atoms with Crippen LogP contribution in [0, 0.1) is 13.8 Å². The van der Waals surface area contributed by atoms with Gasteiger partial charge in [0.05, 0.1) is 0 Å². The van der Waals surface area contributed by atoms with Crippen LogP contribution in [-0.4, -0.2) is 23.2 Å². The number of piperidine rings is 1. The van der Waals surface area contributed by atoms with E-state index in [-0.39, 0.29) is 0 Å². The minimum absolute atomic E-state index is 0.487. The highest BCUT2D eigenvalue weighted by atomic mass is 16.3. The van der Waals surface area contributed by atoms with Crippen molar-refractivity contribution in [3.05, 3.63) is 29.0 Å². The van der Waals surface area contributed by atoms with Crippen molar-refractivity contribution in [3.63, 3.8) is 0 Å². The quantitative estimate of drug-likeness (QED) is 0.722. The van der Waals surface area contributed by atoms with Crippen molar-refractivity contribution in [3.8, 4) is 5.75 Å². The Bertz CT molecular complexity index is 580. The lowest BCUT2D eigenvalue weighted by atomic mass is 9.88. The molecule has 1 aliphatic heterocycles. The molecule has 2 aromatic rings. The molecule has 3 N–H and O–H groups in total. The molecule has 0 spiro atoms. The van der Waals surface area contributed by atoms with Crippen molar-refractivity contribution in [2.45, 2.75) is 32.6 Å². The number of aromatic hydroxyl groups is 1. The van der Waals surface area contributed by atoms with Crippen LogP contribution < -0.4 is 5.32 Å². The van der Waals surface area contributed by atoms with E-state index < -0.39 is 0 Å². The number of aromatic nitrogens is 1. The number of hydrogen-bond acceptors (Lipinski definition) is 2. The van der Waals surface area contributed by atoms with Crippen molar-refractivity contribution in [2.75, 3.05) is 13.1 Å². The van der Waals surface area contributed by atoms with Crippen LogP contribution in [0.5, 0.6) is 5.75 Å². The van der Waals surface area contributed by atoms with Crippen LogP contribution in [0.4, 0.5) is 0 Å². The van der Waals surface area contributed by atoms with Crippen molar-refractivity contribution in [1.29, 1.82) is 0 Å². The molecule has 3 rings (SSSR count). The number of nitrogens with one attached hydrogen (secondary N) is 2. The third-order valence-electron chi connectivity index (χ3n) is 4.25. The number of rotatable bonds is 1. The van der Waals surface area contributed by atoms with E-state index in [2.05, 4.69) is 36.3 Å². The molecule has 0 atom stereocenters. The third kappa shape index (κ3) is 1.70. The van der Waals surface area contributed by atoms with Gasteiger partial charge in [0.15, 0.2) is 0 Å². The summed E-state index contributed by atoms with van der Waals surface area (Å²) in [6.45, 7) is 6.22. The molecule has 2 heterocycles. The SMILES string of the molecule is Cc1[nH]c2ccc(C3CCNCC3)c(O)c2c1C. The van der Waals surface area contributed by atoms with E-state index in [1.165, 1.54) is 5.56 Å². The number of H-pyrrole nitrogens is 1. The van der Waals surface area contributed by atoms with Gasteiger partial charge in [-0.15, -0.1) is 0 Å². The predicted molar refractivity (Wildman–Crippen MR) is 74.3 cm³/mol. The molecule has 3 nitrogen and oxygen atoms in total. The molecule has 1 aromatic carbocycles. The minimum atomic E-state index is 0.487. The first kappa shape index (κ1) is 11.6. The molecule has 0 amide bonds. The second-order valence-corrected chi connectivity index (χ2v) is 5.33. The molecule has 1 aromatic heterocycles. The molecule has 0 aliphatic carbocycles. The molecule has 0 unspecified atom stereocenters. The van der Waals surface area contributed by atoms with Crippen LogP contribution >= 0.6 is 0 Å². The van der Waals surface area contributed by atoms with E-state index >= 15 is 0 Å². The summed E-state index contributed by atoms with van der Waals surface area (Å²) in [5, 5.41) is 14.9. The van der Waals surface area contributed by atoms with Gasteiger partial charge in [-0.2, -0.15) is 0 Å². The first-order chi connectivity index (χ1) is 8.68. The van der Waals surface area contributed by atoms with E-state index in [9.17, 15) is 5.11 Å². The highest BCUT2D eigenvalue weighted by Gasteiger charge is 2.21. The average Bonchev–Trinajstić information content (AvgIpc) is 2.67. The van der Waals surface area contributed by atoms with Gasteiger partial charge in [-0.1, -0.05) is 6.07 Å². The summed E-state index contributed by atoms with van der Waals surface area (Å²) in [6.07, 6.45) is 2.23. The molecular weight excluding hydrogens is 224 g/mol.